The normalized spacial score (nSPS) is 12.9. The number of anilines is 2. The van der Waals surface area contributed by atoms with Crippen molar-refractivity contribution in [2.75, 3.05) is 11.1 Å². The molecule has 3 N–H and O–H groups in total. The van der Waals surface area contributed by atoms with Crippen LogP contribution in [-0.2, 0) is 24.1 Å². The predicted molar refractivity (Wildman–Crippen MR) is 91.3 cm³/mol. The summed E-state index contributed by atoms with van der Waals surface area (Å²) in [6, 6.07) is 9.71. The Hall–Kier alpha value is -2.07. The summed E-state index contributed by atoms with van der Waals surface area (Å²) in [6.45, 7) is 0. The van der Waals surface area contributed by atoms with Gasteiger partial charge >= 0.3 is 0 Å². The van der Waals surface area contributed by atoms with Crippen molar-refractivity contribution >= 4 is 29.7 Å². The second kappa shape index (κ2) is 7.27. The molecular weight excluding hydrogens is 298 g/mol. The Labute approximate surface area is 136 Å². The molecule has 1 aromatic carbocycles. The molecule has 0 spiro atoms. The fraction of sp³-hybridized carbons (Fsp3) is 0.294. The minimum atomic E-state index is -0.0359. The van der Waals surface area contributed by atoms with Crippen LogP contribution in [0, 0.1) is 0 Å². The number of hydrogen-bond acceptors (Lipinski definition) is 3. The molecule has 5 heteroatoms. The van der Waals surface area contributed by atoms with E-state index in [1.165, 1.54) is 24.0 Å². The van der Waals surface area contributed by atoms with Gasteiger partial charge in [0.2, 0.25) is 5.91 Å². The number of rotatable bonds is 3. The third-order valence-electron chi connectivity index (χ3n) is 3.86. The number of carbonyl (C=O) groups excluding carboxylic acids is 1. The van der Waals surface area contributed by atoms with Gasteiger partial charge in [0.1, 0.15) is 0 Å². The summed E-state index contributed by atoms with van der Waals surface area (Å²) in [6.07, 6.45) is 6.43. The van der Waals surface area contributed by atoms with Crippen molar-refractivity contribution in [1.29, 1.82) is 0 Å². The standard InChI is InChI=1S/C17H19N3O.ClH/c18-13-8-9-14(19-11-13)10-17(21)20-16-7-3-5-12-4-1-2-6-15(12)16;/h3,5,7-9,11H,1-2,4,6,10,18H2,(H,20,21);1H. The molecule has 4 nitrogen and oxygen atoms in total. The van der Waals surface area contributed by atoms with Crippen LogP contribution in [0.4, 0.5) is 11.4 Å². The van der Waals surface area contributed by atoms with Crippen molar-refractivity contribution in [1.82, 2.24) is 4.98 Å². The molecule has 0 saturated heterocycles. The van der Waals surface area contributed by atoms with Gasteiger partial charge in [0.25, 0.3) is 0 Å². The van der Waals surface area contributed by atoms with Crippen LogP contribution in [0.15, 0.2) is 36.5 Å². The maximum absolute atomic E-state index is 12.2. The van der Waals surface area contributed by atoms with Gasteiger partial charge in [0, 0.05) is 11.4 Å². The van der Waals surface area contributed by atoms with Crippen LogP contribution in [0.3, 0.4) is 0 Å². The molecule has 1 aliphatic rings. The first-order valence-corrected chi connectivity index (χ1v) is 7.33. The molecule has 0 bridgehead atoms. The minimum Gasteiger partial charge on any atom is -0.397 e. The molecule has 116 valence electrons. The largest absolute Gasteiger partial charge is 0.397 e. The summed E-state index contributed by atoms with van der Waals surface area (Å²) in [5.74, 6) is -0.0359. The topological polar surface area (TPSA) is 68.0 Å². The van der Waals surface area contributed by atoms with E-state index < -0.39 is 0 Å². The molecular formula is C17H20ClN3O. The van der Waals surface area contributed by atoms with E-state index in [2.05, 4.69) is 16.4 Å². The summed E-state index contributed by atoms with van der Waals surface area (Å²) in [4.78, 5) is 16.3. The van der Waals surface area contributed by atoms with E-state index in [0.717, 1.165) is 24.2 Å². The Balaban J connectivity index is 0.00000176. The van der Waals surface area contributed by atoms with Crippen molar-refractivity contribution in [2.45, 2.75) is 32.1 Å². The van der Waals surface area contributed by atoms with Crippen LogP contribution in [0.2, 0.25) is 0 Å². The summed E-state index contributed by atoms with van der Waals surface area (Å²) in [5, 5.41) is 3.02. The fourth-order valence-corrected chi connectivity index (χ4v) is 2.80. The average molecular weight is 318 g/mol. The third kappa shape index (κ3) is 3.77. The lowest BCUT2D eigenvalue weighted by molar-refractivity contribution is -0.115. The minimum absolute atomic E-state index is 0. The van der Waals surface area contributed by atoms with Crippen LogP contribution in [-0.4, -0.2) is 10.9 Å². The lowest BCUT2D eigenvalue weighted by Gasteiger charge is -2.19. The van der Waals surface area contributed by atoms with E-state index in [4.69, 9.17) is 5.73 Å². The highest BCUT2D eigenvalue weighted by Crippen LogP contribution is 2.27. The predicted octanol–water partition coefficient (Wildman–Crippen LogP) is 3.15. The van der Waals surface area contributed by atoms with E-state index in [1.54, 1.807) is 18.3 Å². The van der Waals surface area contributed by atoms with Crippen molar-refractivity contribution in [3.63, 3.8) is 0 Å². The number of aromatic nitrogens is 1. The highest BCUT2D eigenvalue weighted by Gasteiger charge is 2.14. The van der Waals surface area contributed by atoms with Gasteiger partial charge in [-0.15, -0.1) is 12.4 Å². The Bertz CT molecular complexity index is 655. The average Bonchev–Trinajstić information content (AvgIpc) is 2.50. The number of carbonyl (C=O) groups is 1. The zero-order chi connectivity index (χ0) is 14.7. The summed E-state index contributed by atoms with van der Waals surface area (Å²) >= 11 is 0. The molecule has 1 amide bonds. The molecule has 0 atom stereocenters. The molecule has 0 saturated carbocycles. The first-order chi connectivity index (χ1) is 10.2. The zero-order valence-corrected chi connectivity index (χ0v) is 13.2. The Morgan fingerprint density at radius 2 is 2.00 bits per heavy atom. The number of hydrogen-bond donors (Lipinski definition) is 2. The molecule has 0 unspecified atom stereocenters. The number of aryl methyl sites for hydroxylation is 1. The first kappa shape index (κ1) is 16.3. The number of amides is 1. The third-order valence-corrected chi connectivity index (χ3v) is 3.86. The maximum Gasteiger partial charge on any atom is 0.230 e. The van der Waals surface area contributed by atoms with Crippen LogP contribution in [0.1, 0.15) is 29.7 Å². The van der Waals surface area contributed by atoms with E-state index in [-0.39, 0.29) is 24.7 Å². The number of benzene rings is 1. The van der Waals surface area contributed by atoms with Crippen LogP contribution in [0.25, 0.3) is 0 Å². The number of pyridine rings is 1. The van der Waals surface area contributed by atoms with Gasteiger partial charge < -0.3 is 11.1 Å². The van der Waals surface area contributed by atoms with Gasteiger partial charge in [-0.1, -0.05) is 12.1 Å². The molecule has 0 aliphatic heterocycles. The van der Waals surface area contributed by atoms with Crippen LogP contribution < -0.4 is 11.1 Å². The number of nitrogens with zero attached hydrogens (tertiary/aromatic N) is 1. The fourth-order valence-electron chi connectivity index (χ4n) is 2.80. The lowest BCUT2D eigenvalue weighted by atomic mass is 9.90. The van der Waals surface area contributed by atoms with Crippen molar-refractivity contribution in [3.8, 4) is 0 Å². The maximum atomic E-state index is 12.2. The number of fused-ring (bicyclic) bond motifs is 1. The summed E-state index contributed by atoms with van der Waals surface area (Å²) in [7, 11) is 0. The number of nitrogens with one attached hydrogen (secondary N) is 1. The first-order valence-electron chi connectivity index (χ1n) is 7.33. The van der Waals surface area contributed by atoms with E-state index in [9.17, 15) is 4.79 Å². The second-order valence-corrected chi connectivity index (χ2v) is 5.46. The molecule has 3 rings (SSSR count). The van der Waals surface area contributed by atoms with Crippen molar-refractivity contribution in [2.24, 2.45) is 0 Å². The SMILES string of the molecule is Cl.Nc1ccc(CC(=O)Nc2cccc3c2CCCC3)nc1. The number of halogens is 1. The molecule has 1 aliphatic carbocycles. The molecule has 22 heavy (non-hydrogen) atoms. The lowest BCUT2D eigenvalue weighted by Crippen LogP contribution is -2.17. The summed E-state index contributed by atoms with van der Waals surface area (Å²) in [5.41, 5.74) is 10.5. The van der Waals surface area contributed by atoms with Gasteiger partial charge in [-0.3, -0.25) is 9.78 Å². The number of nitrogens with two attached hydrogens (primary N) is 1. The smallest absolute Gasteiger partial charge is 0.230 e. The quantitative estimate of drug-likeness (QED) is 0.913. The summed E-state index contributed by atoms with van der Waals surface area (Å²) < 4.78 is 0. The van der Waals surface area contributed by atoms with Gasteiger partial charge in [0.15, 0.2) is 0 Å². The highest BCUT2D eigenvalue weighted by molar-refractivity contribution is 5.93. The van der Waals surface area contributed by atoms with Gasteiger partial charge in [0.05, 0.1) is 18.3 Å². The second-order valence-electron chi connectivity index (χ2n) is 5.46. The number of nitrogen functional groups attached to an aromatic ring is 1. The Morgan fingerprint density at radius 1 is 1.18 bits per heavy atom. The zero-order valence-electron chi connectivity index (χ0n) is 12.3. The van der Waals surface area contributed by atoms with Crippen molar-refractivity contribution in [3.05, 3.63) is 53.3 Å². The van der Waals surface area contributed by atoms with Gasteiger partial charge in [-0.2, -0.15) is 0 Å². The van der Waals surface area contributed by atoms with Crippen molar-refractivity contribution < 1.29 is 4.79 Å². The highest BCUT2D eigenvalue weighted by atomic mass is 35.5. The van der Waals surface area contributed by atoms with Crippen LogP contribution >= 0.6 is 12.4 Å². The van der Waals surface area contributed by atoms with Gasteiger partial charge in [-0.25, -0.2) is 0 Å². The van der Waals surface area contributed by atoms with E-state index in [1.807, 2.05) is 12.1 Å². The molecule has 0 radical (unpaired) electrons. The molecule has 1 heterocycles. The van der Waals surface area contributed by atoms with Gasteiger partial charge in [-0.05, 0) is 55.0 Å². The monoisotopic (exact) mass is 317 g/mol. The van der Waals surface area contributed by atoms with E-state index >= 15 is 0 Å². The molecule has 1 aromatic heterocycles. The molecule has 2 aromatic rings. The Morgan fingerprint density at radius 3 is 2.77 bits per heavy atom. The van der Waals surface area contributed by atoms with Crippen LogP contribution in [0.5, 0.6) is 0 Å². The molecule has 0 fully saturated rings. The van der Waals surface area contributed by atoms with E-state index in [0.29, 0.717) is 5.69 Å². The Kier molecular flexibility index (Phi) is 5.39.